The Kier molecular flexibility index (Phi) is 7.63. The van der Waals surface area contributed by atoms with Gasteiger partial charge in [0.25, 0.3) is 0 Å². The third-order valence-electron chi connectivity index (χ3n) is 7.20. The minimum atomic E-state index is -2.04. The molecule has 30 heavy (non-hydrogen) atoms. The lowest BCUT2D eigenvalue weighted by atomic mass is 10.0. The molecular weight excluding hydrogens is 476 g/mol. The monoisotopic (exact) mass is 516 g/mol. The van der Waals surface area contributed by atoms with E-state index in [0.717, 1.165) is 10.0 Å². The molecule has 0 aliphatic carbocycles. The Morgan fingerprint density at radius 3 is 1.97 bits per heavy atom. The van der Waals surface area contributed by atoms with Gasteiger partial charge >= 0.3 is 0 Å². The van der Waals surface area contributed by atoms with E-state index >= 15 is 0 Å². The lowest BCUT2D eigenvalue weighted by Crippen LogP contribution is -2.48. The fourth-order valence-corrected chi connectivity index (χ4v) is 5.62. The molecule has 1 saturated heterocycles. The van der Waals surface area contributed by atoms with Gasteiger partial charge in [-0.25, -0.2) is 0 Å². The Bertz CT molecular complexity index is 722. The summed E-state index contributed by atoms with van der Waals surface area (Å²) in [5.41, 5.74) is 0.754. The van der Waals surface area contributed by atoms with Crippen LogP contribution in [0.1, 0.15) is 53.5 Å². The number of ether oxygens (including phenoxy) is 1. The van der Waals surface area contributed by atoms with Crippen molar-refractivity contribution in [3.05, 3.63) is 34.3 Å². The van der Waals surface area contributed by atoms with Crippen LogP contribution < -0.4 is 0 Å². The summed E-state index contributed by atoms with van der Waals surface area (Å²) < 4.78 is 20.5. The highest BCUT2D eigenvalue weighted by atomic mass is 79.9. The lowest BCUT2D eigenvalue weighted by molar-refractivity contribution is -0.205. The molecule has 0 aromatic heterocycles. The minimum absolute atomic E-state index is 0.0795. The lowest BCUT2D eigenvalue weighted by Gasteiger charge is -2.40. The van der Waals surface area contributed by atoms with Crippen LogP contribution in [-0.4, -0.2) is 40.6 Å². The molecule has 0 radical (unpaired) electrons. The van der Waals surface area contributed by atoms with Crippen molar-refractivity contribution < 1.29 is 18.7 Å². The van der Waals surface area contributed by atoms with Gasteiger partial charge in [0.15, 0.2) is 22.4 Å². The molecule has 1 aliphatic heterocycles. The molecule has 0 spiro atoms. The first-order chi connectivity index (χ1) is 13.4. The van der Waals surface area contributed by atoms with Crippen LogP contribution in [0, 0.1) is 0 Å². The van der Waals surface area contributed by atoms with Gasteiger partial charge in [0.1, 0.15) is 6.10 Å². The van der Waals surface area contributed by atoms with Crippen LogP contribution in [0.15, 0.2) is 28.7 Å². The fraction of sp³-hybridized carbons (Fsp3) is 0.739. The Hall–Kier alpha value is -0.0262. The van der Waals surface area contributed by atoms with Crippen LogP contribution in [0.4, 0.5) is 0 Å². The average molecular weight is 518 g/mol. The van der Waals surface area contributed by atoms with Crippen molar-refractivity contribution in [3.8, 4) is 0 Å². The summed E-state index contributed by atoms with van der Waals surface area (Å²) in [5, 5.41) is 11.6. The summed E-state index contributed by atoms with van der Waals surface area (Å²) in [4.78, 5) is 0. The summed E-state index contributed by atoms with van der Waals surface area (Å²) in [6, 6.07) is 7.68. The van der Waals surface area contributed by atoms with Crippen LogP contribution in [0.5, 0.6) is 0 Å². The van der Waals surface area contributed by atoms with E-state index in [1.807, 2.05) is 24.3 Å². The smallest absolute Gasteiger partial charge is 0.195 e. The van der Waals surface area contributed by atoms with E-state index in [4.69, 9.17) is 13.6 Å². The van der Waals surface area contributed by atoms with Gasteiger partial charge in [-0.3, -0.25) is 0 Å². The minimum Gasteiger partial charge on any atom is -0.414 e. The molecule has 1 aromatic carbocycles. The molecular formula is C23H41BrO4Si2. The number of hydrogen-bond donors (Lipinski definition) is 1. The highest BCUT2D eigenvalue weighted by molar-refractivity contribution is 9.10. The second kappa shape index (κ2) is 8.73. The van der Waals surface area contributed by atoms with E-state index in [9.17, 15) is 5.11 Å². The highest BCUT2D eigenvalue weighted by Gasteiger charge is 2.51. The summed E-state index contributed by atoms with van der Waals surface area (Å²) in [7, 11) is -3.98. The van der Waals surface area contributed by atoms with Gasteiger partial charge in [-0.15, -0.1) is 0 Å². The van der Waals surface area contributed by atoms with Crippen molar-refractivity contribution in [1.82, 2.24) is 0 Å². The SMILES string of the molecule is CC(C)(C)[Si](C)(C)OC[C@H]1OC(O)(c2ccc(Br)cc2)C[C@@H]1O[Si](C)(C)C(C)(C)C. The van der Waals surface area contributed by atoms with E-state index in [1.165, 1.54) is 0 Å². The molecule has 7 heteroatoms. The molecule has 1 fully saturated rings. The van der Waals surface area contributed by atoms with Crippen LogP contribution >= 0.6 is 15.9 Å². The van der Waals surface area contributed by atoms with Gasteiger partial charge in [-0.1, -0.05) is 69.6 Å². The molecule has 4 nitrogen and oxygen atoms in total. The molecule has 0 amide bonds. The first-order valence-electron chi connectivity index (χ1n) is 10.9. The number of benzene rings is 1. The van der Waals surface area contributed by atoms with Gasteiger partial charge in [0, 0.05) is 16.5 Å². The first kappa shape index (κ1) is 26.2. The van der Waals surface area contributed by atoms with Crippen molar-refractivity contribution in [2.75, 3.05) is 6.61 Å². The predicted molar refractivity (Wildman–Crippen MR) is 133 cm³/mol. The fourth-order valence-electron chi connectivity index (χ4n) is 3.00. The highest BCUT2D eigenvalue weighted by Crippen LogP contribution is 2.45. The second-order valence-corrected chi connectivity index (χ2v) is 22.1. The quantitative estimate of drug-likeness (QED) is 0.422. The summed E-state index contributed by atoms with van der Waals surface area (Å²) in [6.45, 7) is 22.8. The molecule has 0 saturated carbocycles. The second-order valence-electron chi connectivity index (χ2n) is 11.6. The van der Waals surface area contributed by atoms with Gasteiger partial charge in [-0.2, -0.15) is 0 Å². The predicted octanol–water partition coefficient (Wildman–Crippen LogP) is 6.80. The maximum absolute atomic E-state index is 11.4. The molecule has 1 unspecified atom stereocenters. The molecule has 2 rings (SSSR count). The Balaban J connectivity index is 2.29. The van der Waals surface area contributed by atoms with Gasteiger partial charge in [0.2, 0.25) is 0 Å². The van der Waals surface area contributed by atoms with Gasteiger partial charge < -0.3 is 18.7 Å². The summed E-state index contributed by atoms with van der Waals surface area (Å²) in [5.74, 6) is -1.37. The molecule has 1 heterocycles. The molecule has 172 valence electrons. The van der Waals surface area contributed by atoms with Crippen molar-refractivity contribution in [1.29, 1.82) is 0 Å². The van der Waals surface area contributed by atoms with Crippen molar-refractivity contribution in [2.45, 2.75) is 102 Å². The zero-order valence-corrected chi connectivity index (χ0v) is 24.0. The van der Waals surface area contributed by atoms with Gasteiger partial charge in [0.05, 0.1) is 12.7 Å². The van der Waals surface area contributed by atoms with E-state index in [1.54, 1.807) is 0 Å². The average Bonchev–Trinajstić information content (AvgIpc) is 2.87. The summed E-state index contributed by atoms with van der Waals surface area (Å²) in [6.07, 6.45) is -0.0987. The third-order valence-corrected chi connectivity index (χ3v) is 16.7. The molecule has 1 aliphatic rings. The van der Waals surface area contributed by atoms with E-state index in [-0.39, 0.29) is 22.3 Å². The number of hydrogen-bond acceptors (Lipinski definition) is 4. The molecule has 1 aromatic rings. The van der Waals surface area contributed by atoms with Crippen molar-refractivity contribution >= 4 is 32.6 Å². The van der Waals surface area contributed by atoms with Crippen LogP contribution in [0.2, 0.25) is 36.3 Å². The normalized spacial score (nSPS) is 26.3. The van der Waals surface area contributed by atoms with E-state index < -0.39 is 22.4 Å². The third kappa shape index (κ3) is 5.85. The zero-order chi connectivity index (χ0) is 23.2. The van der Waals surface area contributed by atoms with Gasteiger partial charge in [-0.05, 0) is 48.4 Å². The Morgan fingerprint density at radius 1 is 1.00 bits per heavy atom. The van der Waals surface area contributed by atoms with Crippen molar-refractivity contribution in [3.63, 3.8) is 0 Å². The number of aliphatic hydroxyl groups is 1. The maximum Gasteiger partial charge on any atom is 0.195 e. The van der Waals surface area contributed by atoms with E-state index in [2.05, 4.69) is 83.7 Å². The number of rotatable bonds is 6. The van der Waals surface area contributed by atoms with Crippen molar-refractivity contribution in [2.24, 2.45) is 0 Å². The van der Waals surface area contributed by atoms with E-state index in [0.29, 0.717) is 13.0 Å². The topological polar surface area (TPSA) is 47.9 Å². The Morgan fingerprint density at radius 2 is 1.50 bits per heavy atom. The van der Waals surface area contributed by atoms with Crippen LogP contribution in [0.3, 0.4) is 0 Å². The maximum atomic E-state index is 11.4. The Labute approximate surface area is 194 Å². The van der Waals surface area contributed by atoms with Crippen LogP contribution in [-0.2, 0) is 19.4 Å². The van der Waals surface area contributed by atoms with Crippen LogP contribution in [0.25, 0.3) is 0 Å². The standard InChI is InChI=1S/C23H41BrO4Si2/c1-21(2,3)29(7,8)26-16-20-19(28-30(9,10)22(4,5)6)15-23(25,27-20)17-11-13-18(24)14-12-17/h11-14,19-20,25H,15-16H2,1-10H3/t19-,20+,23?/m0/s1. The largest absolute Gasteiger partial charge is 0.414 e. The molecule has 1 N–H and O–H groups in total. The first-order valence-corrected chi connectivity index (χ1v) is 17.5. The summed E-state index contributed by atoms with van der Waals surface area (Å²) >= 11 is 3.47. The molecule has 0 bridgehead atoms. The number of halogens is 1. The molecule has 3 atom stereocenters. The zero-order valence-electron chi connectivity index (χ0n) is 20.4.